The second-order valence-corrected chi connectivity index (χ2v) is 4.24. The van der Waals surface area contributed by atoms with Gasteiger partial charge < -0.3 is 10.1 Å². The maximum absolute atomic E-state index is 11.1. The van der Waals surface area contributed by atoms with Crippen LogP contribution in [0.15, 0.2) is 22.7 Å². The normalized spacial score (nSPS) is 9.47. The fourth-order valence-corrected chi connectivity index (χ4v) is 1.79. The summed E-state index contributed by atoms with van der Waals surface area (Å²) >= 11 is 3.32. The van der Waals surface area contributed by atoms with Crippen LogP contribution in [0.2, 0.25) is 0 Å². The van der Waals surface area contributed by atoms with E-state index >= 15 is 0 Å². The van der Waals surface area contributed by atoms with Gasteiger partial charge in [0.1, 0.15) is 0 Å². The van der Waals surface area contributed by atoms with Gasteiger partial charge in [-0.15, -0.1) is 0 Å². The van der Waals surface area contributed by atoms with Crippen LogP contribution in [0.5, 0.6) is 0 Å². The SMILES string of the molecule is CCOC(=O)CCNc1cc(Br)cc(C#N)c1. The van der Waals surface area contributed by atoms with Crippen molar-refractivity contribution in [3.63, 3.8) is 0 Å². The number of nitriles is 1. The summed E-state index contributed by atoms with van der Waals surface area (Å²) in [6.07, 6.45) is 0.308. The number of ether oxygens (including phenoxy) is 1. The lowest BCUT2D eigenvalue weighted by atomic mass is 10.2. The van der Waals surface area contributed by atoms with E-state index in [1.165, 1.54) is 0 Å². The van der Waals surface area contributed by atoms with Crippen LogP contribution in [0, 0.1) is 11.3 Å². The van der Waals surface area contributed by atoms with E-state index < -0.39 is 0 Å². The molecule has 0 aliphatic carbocycles. The average Bonchev–Trinajstić information content (AvgIpc) is 2.28. The third-order valence-electron chi connectivity index (χ3n) is 1.99. The smallest absolute Gasteiger partial charge is 0.307 e. The molecule has 5 heteroatoms. The highest BCUT2D eigenvalue weighted by molar-refractivity contribution is 9.10. The molecule has 0 amide bonds. The highest BCUT2D eigenvalue weighted by Gasteiger charge is 2.02. The molecule has 1 aromatic rings. The minimum absolute atomic E-state index is 0.226. The van der Waals surface area contributed by atoms with Crippen molar-refractivity contribution >= 4 is 27.6 Å². The molecule has 4 nitrogen and oxygen atoms in total. The Bertz CT molecular complexity index is 441. The molecular weight excluding hydrogens is 284 g/mol. The van der Waals surface area contributed by atoms with Crippen molar-refractivity contribution < 1.29 is 9.53 Å². The van der Waals surface area contributed by atoms with E-state index in [4.69, 9.17) is 10.00 Å². The lowest BCUT2D eigenvalue weighted by Gasteiger charge is -2.07. The Labute approximate surface area is 109 Å². The number of hydrogen-bond acceptors (Lipinski definition) is 4. The second-order valence-electron chi connectivity index (χ2n) is 3.32. The van der Waals surface area contributed by atoms with Crippen LogP contribution < -0.4 is 5.32 Å². The van der Waals surface area contributed by atoms with Crippen LogP contribution in [0.1, 0.15) is 18.9 Å². The molecule has 17 heavy (non-hydrogen) atoms. The molecule has 1 aromatic carbocycles. The maximum Gasteiger partial charge on any atom is 0.307 e. The van der Waals surface area contributed by atoms with Gasteiger partial charge in [0.2, 0.25) is 0 Å². The van der Waals surface area contributed by atoms with Crippen molar-refractivity contribution in [2.24, 2.45) is 0 Å². The summed E-state index contributed by atoms with van der Waals surface area (Å²) < 4.78 is 5.64. The minimum Gasteiger partial charge on any atom is -0.466 e. The number of carbonyl (C=O) groups excluding carboxylic acids is 1. The maximum atomic E-state index is 11.1. The lowest BCUT2D eigenvalue weighted by molar-refractivity contribution is -0.142. The van der Waals surface area contributed by atoms with E-state index in [0.29, 0.717) is 25.1 Å². The molecule has 0 aliphatic heterocycles. The average molecular weight is 297 g/mol. The van der Waals surface area contributed by atoms with E-state index in [2.05, 4.69) is 27.3 Å². The summed E-state index contributed by atoms with van der Waals surface area (Å²) in [5.41, 5.74) is 1.37. The van der Waals surface area contributed by atoms with Crippen molar-refractivity contribution in [3.05, 3.63) is 28.2 Å². The Balaban J connectivity index is 2.50. The standard InChI is InChI=1S/C12H13BrN2O2/c1-2-17-12(16)3-4-15-11-6-9(8-14)5-10(13)7-11/h5-7,15H,2-4H2,1H3. The molecular formula is C12H13BrN2O2. The first-order valence-electron chi connectivity index (χ1n) is 5.26. The summed E-state index contributed by atoms with van der Waals surface area (Å²) in [6, 6.07) is 7.38. The molecule has 0 saturated heterocycles. The highest BCUT2D eigenvalue weighted by atomic mass is 79.9. The second kappa shape index (κ2) is 6.92. The lowest BCUT2D eigenvalue weighted by Crippen LogP contribution is -2.11. The number of halogens is 1. The zero-order valence-corrected chi connectivity index (χ0v) is 11.1. The molecule has 1 N–H and O–H groups in total. The molecule has 0 fully saturated rings. The number of benzene rings is 1. The molecule has 0 atom stereocenters. The van der Waals surface area contributed by atoms with Crippen LogP contribution in [0.3, 0.4) is 0 Å². The number of hydrogen-bond donors (Lipinski definition) is 1. The number of nitrogens with zero attached hydrogens (tertiary/aromatic N) is 1. The summed E-state index contributed by atoms with van der Waals surface area (Å²) in [6.45, 7) is 2.66. The molecule has 0 heterocycles. The van der Waals surface area contributed by atoms with Gasteiger partial charge in [0.15, 0.2) is 0 Å². The van der Waals surface area contributed by atoms with Gasteiger partial charge in [-0.25, -0.2) is 0 Å². The van der Waals surface area contributed by atoms with E-state index in [9.17, 15) is 4.79 Å². The quantitative estimate of drug-likeness (QED) is 0.849. The fraction of sp³-hybridized carbons (Fsp3) is 0.333. The molecule has 0 bridgehead atoms. The van der Waals surface area contributed by atoms with E-state index in [0.717, 1.165) is 10.2 Å². The summed E-state index contributed by atoms with van der Waals surface area (Å²) in [5, 5.41) is 11.9. The summed E-state index contributed by atoms with van der Waals surface area (Å²) in [7, 11) is 0. The van der Waals surface area contributed by atoms with Crippen molar-refractivity contribution in [2.45, 2.75) is 13.3 Å². The Morgan fingerprint density at radius 3 is 2.94 bits per heavy atom. The van der Waals surface area contributed by atoms with E-state index in [1.807, 2.05) is 6.07 Å². The Kier molecular flexibility index (Phi) is 5.50. The minimum atomic E-state index is -0.226. The fourth-order valence-electron chi connectivity index (χ4n) is 1.30. The largest absolute Gasteiger partial charge is 0.466 e. The predicted molar refractivity (Wildman–Crippen MR) is 68.6 cm³/mol. The summed E-state index contributed by atoms with van der Waals surface area (Å²) in [5.74, 6) is -0.226. The zero-order valence-electron chi connectivity index (χ0n) is 9.50. The van der Waals surface area contributed by atoms with Crippen LogP contribution in [0.4, 0.5) is 5.69 Å². The topological polar surface area (TPSA) is 62.1 Å². The molecule has 1 rings (SSSR count). The van der Waals surface area contributed by atoms with E-state index in [1.54, 1.807) is 19.1 Å². The Morgan fingerprint density at radius 2 is 2.29 bits per heavy atom. The number of esters is 1. The Hall–Kier alpha value is -1.54. The van der Waals surface area contributed by atoms with Crippen molar-refractivity contribution in [3.8, 4) is 6.07 Å². The van der Waals surface area contributed by atoms with Crippen molar-refractivity contribution in [2.75, 3.05) is 18.5 Å². The zero-order chi connectivity index (χ0) is 12.7. The first kappa shape index (κ1) is 13.5. The number of rotatable bonds is 5. The first-order chi connectivity index (χ1) is 8.15. The third kappa shape index (κ3) is 4.87. The van der Waals surface area contributed by atoms with Crippen LogP contribution in [-0.2, 0) is 9.53 Å². The van der Waals surface area contributed by atoms with Crippen molar-refractivity contribution in [1.82, 2.24) is 0 Å². The number of carbonyl (C=O) groups is 1. The van der Waals surface area contributed by atoms with Gasteiger partial charge in [0, 0.05) is 16.7 Å². The van der Waals surface area contributed by atoms with E-state index in [-0.39, 0.29) is 5.97 Å². The molecule has 0 spiro atoms. The van der Waals surface area contributed by atoms with Crippen LogP contribution in [0.25, 0.3) is 0 Å². The number of nitrogens with one attached hydrogen (secondary N) is 1. The molecule has 90 valence electrons. The van der Waals surface area contributed by atoms with Crippen LogP contribution in [-0.4, -0.2) is 19.1 Å². The van der Waals surface area contributed by atoms with Gasteiger partial charge in [0.05, 0.1) is 24.7 Å². The third-order valence-corrected chi connectivity index (χ3v) is 2.45. The van der Waals surface area contributed by atoms with Gasteiger partial charge in [-0.05, 0) is 25.1 Å². The van der Waals surface area contributed by atoms with Gasteiger partial charge in [0.25, 0.3) is 0 Å². The van der Waals surface area contributed by atoms with Gasteiger partial charge >= 0.3 is 5.97 Å². The van der Waals surface area contributed by atoms with Gasteiger partial charge in [-0.3, -0.25) is 4.79 Å². The molecule has 0 saturated carbocycles. The number of anilines is 1. The van der Waals surface area contributed by atoms with Gasteiger partial charge in [-0.2, -0.15) is 5.26 Å². The molecule has 0 radical (unpaired) electrons. The molecule has 0 unspecified atom stereocenters. The van der Waals surface area contributed by atoms with Crippen LogP contribution >= 0.6 is 15.9 Å². The molecule has 0 aliphatic rings. The predicted octanol–water partition coefficient (Wildman–Crippen LogP) is 2.69. The highest BCUT2D eigenvalue weighted by Crippen LogP contribution is 2.19. The van der Waals surface area contributed by atoms with Crippen molar-refractivity contribution in [1.29, 1.82) is 5.26 Å². The molecule has 0 aromatic heterocycles. The first-order valence-corrected chi connectivity index (χ1v) is 6.05. The Morgan fingerprint density at radius 1 is 1.53 bits per heavy atom. The van der Waals surface area contributed by atoms with Gasteiger partial charge in [-0.1, -0.05) is 15.9 Å². The monoisotopic (exact) mass is 296 g/mol. The summed E-state index contributed by atoms with van der Waals surface area (Å²) in [4.78, 5) is 11.1.